The molecule has 0 saturated carbocycles. The molecule has 2 aromatic rings. The second kappa shape index (κ2) is 4.48. The molecule has 0 aliphatic heterocycles. The Balaban J connectivity index is 2.24. The third-order valence-corrected chi connectivity index (χ3v) is 5.25. The monoisotopic (exact) mass is 244 g/mol. The molecule has 0 aliphatic rings. The maximum absolute atomic E-state index is 2.25. The van der Waals surface area contributed by atoms with Crippen molar-refractivity contribution >= 4 is 24.5 Å². The predicted molar refractivity (Wildman–Crippen MR) is 64.0 cm³/mol. The van der Waals surface area contributed by atoms with Crippen molar-refractivity contribution in [1.29, 1.82) is 0 Å². The standard InChI is InChI=1S/C13H13As/c1-11-7-5-6-10-13(11)14-12-8-3-2-4-9-12/h2-10,14H,1H3. The first-order valence-corrected chi connectivity index (χ1v) is 6.84. The van der Waals surface area contributed by atoms with E-state index in [9.17, 15) is 0 Å². The summed E-state index contributed by atoms with van der Waals surface area (Å²) in [4.78, 5) is 0. The average molecular weight is 244 g/mol. The first kappa shape index (κ1) is 9.55. The van der Waals surface area contributed by atoms with Crippen molar-refractivity contribution in [1.82, 2.24) is 0 Å². The Kier molecular flexibility index (Phi) is 3.06. The summed E-state index contributed by atoms with van der Waals surface area (Å²) in [5, 5.41) is 0. The van der Waals surface area contributed by atoms with Crippen molar-refractivity contribution in [2.24, 2.45) is 0 Å². The van der Waals surface area contributed by atoms with Gasteiger partial charge in [-0.1, -0.05) is 0 Å². The minimum absolute atomic E-state index is 0.133. The van der Waals surface area contributed by atoms with Crippen LogP contribution in [-0.2, 0) is 0 Å². The molecule has 0 saturated heterocycles. The van der Waals surface area contributed by atoms with Gasteiger partial charge in [-0.05, 0) is 0 Å². The topological polar surface area (TPSA) is 0 Å². The SMILES string of the molecule is Cc1ccccc1[AsH]c1ccccc1. The van der Waals surface area contributed by atoms with Crippen molar-refractivity contribution in [2.75, 3.05) is 0 Å². The molecule has 0 radical (unpaired) electrons. The van der Waals surface area contributed by atoms with Gasteiger partial charge in [-0.25, -0.2) is 0 Å². The summed E-state index contributed by atoms with van der Waals surface area (Å²) in [5.41, 5.74) is 1.43. The van der Waals surface area contributed by atoms with Crippen LogP contribution in [0.5, 0.6) is 0 Å². The van der Waals surface area contributed by atoms with Gasteiger partial charge in [0.2, 0.25) is 0 Å². The number of hydrogen-bond donors (Lipinski definition) is 0. The molecule has 0 aromatic heterocycles. The Morgan fingerprint density at radius 1 is 0.786 bits per heavy atom. The molecule has 2 rings (SSSR count). The van der Waals surface area contributed by atoms with E-state index in [0.29, 0.717) is 0 Å². The Morgan fingerprint density at radius 3 is 2.14 bits per heavy atom. The molecule has 0 fully saturated rings. The van der Waals surface area contributed by atoms with E-state index in [4.69, 9.17) is 0 Å². The van der Waals surface area contributed by atoms with Crippen LogP contribution in [-0.4, -0.2) is 15.8 Å². The summed E-state index contributed by atoms with van der Waals surface area (Å²) in [6, 6.07) is 19.5. The molecule has 1 atom stereocenters. The molecule has 1 unspecified atom stereocenters. The molecule has 0 aliphatic carbocycles. The Bertz CT molecular complexity index is 407. The van der Waals surface area contributed by atoms with Gasteiger partial charge in [0.25, 0.3) is 0 Å². The molecular formula is C13H13As. The zero-order valence-electron chi connectivity index (χ0n) is 8.20. The third kappa shape index (κ3) is 2.27. The molecule has 0 N–H and O–H groups in total. The number of benzene rings is 2. The second-order valence-electron chi connectivity index (χ2n) is 3.31. The molecule has 70 valence electrons. The van der Waals surface area contributed by atoms with E-state index >= 15 is 0 Å². The van der Waals surface area contributed by atoms with Crippen molar-refractivity contribution in [3.05, 3.63) is 60.2 Å². The van der Waals surface area contributed by atoms with Crippen LogP contribution < -0.4 is 8.70 Å². The van der Waals surface area contributed by atoms with Crippen LogP contribution in [0.1, 0.15) is 5.56 Å². The Morgan fingerprint density at radius 2 is 1.43 bits per heavy atom. The van der Waals surface area contributed by atoms with E-state index in [1.807, 2.05) is 0 Å². The second-order valence-corrected chi connectivity index (χ2v) is 6.17. The van der Waals surface area contributed by atoms with Crippen LogP contribution in [0, 0.1) is 6.92 Å². The van der Waals surface area contributed by atoms with Crippen molar-refractivity contribution < 1.29 is 0 Å². The summed E-state index contributed by atoms with van der Waals surface area (Å²) in [6.45, 7) is 2.20. The van der Waals surface area contributed by atoms with E-state index in [2.05, 4.69) is 61.5 Å². The fraction of sp³-hybridized carbons (Fsp3) is 0.0769. The zero-order valence-corrected chi connectivity index (χ0v) is 10.3. The molecule has 1 heteroatoms. The van der Waals surface area contributed by atoms with Gasteiger partial charge >= 0.3 is 91.5 Å². The number of rotatable bonds is 2. The summed E-state index contributed by atoms with van der Waals surface area (Å²) in [6.07, 6.45) is 0. The molecule has 0 heterocycles. The molecule has 0 nitrogen and oxygen atoms in total. The molecular weight excluding hydrogens is 231 g/mol. The van der Waals surface area contributed by atoms with Crippen LogP contribution in [0.4, 0.5) is 0 Å². The summed E-state index contributed by atoms with van der Waals surface area (Å²) < 4.78 is 3.04. The predicted octanol–water partition coefficient (Wildman–Crippen LogP) is 1.38. The Hall–Kier alpha value is -1.00. The van der Waals surface area contributed by atoms with Crippen LogP contribution in [0.15, 0.2) is 54.6 Å². The average Bonchev–Trinajstić information content (AvgIpc) is 2.23. The fourth-order valence-corrected chi connectivity index (χ4v) is 3.76. The summed E-state index contributed by atoms with van der Waals surface area (Å²) in [7, 11) is 0. The van der Waals surface area contributed by atoms with Gasteiger partial charge in [-0.3, -0.25) is 0 Å². The fourth-order valence-electron chi connectivity index (χ4n) is 1.39. The molecule has 0 bridgehead atoms. The van der Waals surface area contributed by atoms with E-state index in [1.165, 1.54) is 9.91 Å². The first-order valence-electron chi connectivity index (χ1n) is 4.74. The van der Waals surface area contributed by atoms with Crippen molar-refractivity contribution in [3.8, 4) is 0 Å². The summed E-state index contributed by atoms with van der Waals surface area (Å²) in [5.74, 6) is 0. The molecule has 2 aromatic carbocycles. The van der Waals surface area contributed by atoms with Gasteiger partial charge < -0.3 is 0 Å². The van der Waals surface area contributed by atoms with Crippen LogP contribution in [0.3, 0.4) is 0 Å². The van der Waals surface area contributed by atoms with E-state index in [0.717, 1.165) is 0 Å². The molecule has 14 heavy (non-hydrogen) atoms. The first-order chi connectivity index (χ1) is 6.86. The summed E-state index contributed by atoms with van der Waals surface area (Å²) >= 11 is -0.133. The molecule has 0 amide bonds. The van der Waals surface area contributed by atoms with Crippen LogP contribution >= 0.6 is 0 Å². The van der Waals surface area contributed by atoms with Crippen molar-refractivity contribution in [3.63, 3.8) is 0 Å². The van der Waals surface area contributed by atoms with Gasteiger partial charge in [0.15, 0.2) is 0 Å². The molecule has 0 spiro atoms. The van der Waals surface area contributed by atoms with Gasteiger partial charge in [-0.15, -0.1) is 0 Å². The normalized spacial score (nSPS) is 10.9. The van der Waals surface area contributed by atoms with Gasteiger partial charge in [0.1, 0.15) is 0 Å². The maximum atomic E-state index is 2.25. The minimum atomic E-state index is -0.133. The third-order valence-electron chi connectivity index (χ3n) is 2.20. The van der Waals surface area contributed by atoms with Gasteiger partial charge in [0.05, 0.1) is 0 Å². The Labute approximate surface area is 91.7 Å². The van der Waals surface area contributed by atoms with Gasteiger partial charge in [0, 0.05) is 0 Å². The van der Waals surface area contributed by atoms with Crippen LogP contribution in [0.2, 0.25) is 0 Å². The van der Waals surface area contributed by atoms with E-state index in [1.54, 1.807) is 4.35 Å². The van der Waals surface area contributed by atoms with E-state index in [-0.39, 0.29) is 15.8 Å². The zero-order chi connectivity index (χ0) is 9.80. The number of aryl methyl sites for hydroxylation is 1. The van der Waals surface area contributed by atoms with Crippen molar-refractivity contribution in [2.45, 2.75) is 6.92 Å². The van der Waals surface area contributed by atoms with Gasteiger partial charge in [-0.2, -0.15) is 0 Å². The number of hydrogen-bond acceptors (Lipinski definition) is 0. The van der Waals surface area contributed by atoms with Crippen LogP contribution in [0.25, 0.3) is 0 Å². The van der Waals surface area contributed by atoms with E-state index < -0.39 is 0 Å². The quantitative estimate of drug-likeness (QED) is 0.700.